The van der Waals surface area contributed by atoms with Crippen molar-refractivity contribution in [1.29, 1.82) is 0 Å². The Hall–Kier alpha value is -3.25. The first-order valence-electron chi connectivity index (χ1n) is 9.52. The first-order chi connectivity index (χ1) is 14.6. The SMILES string of the molecule is O=C(O)CC(c1ccncc1)c1ccc(OC[C@H]2COc3ccc(Cl)cc3O2)cc1. The van der Waals surface area contributed by atoms with Crippen molar-refractivity contribution in [3.05, 3.63) is 83.1 Å². The van der Waals surface area contributed by atoms with Gasteiger partial charge in [0.2, 0.25) is 0 Å². The zero-order valence-corrected chi connectivity index (χ0v) is 16.8. The van der Waals surface area contributed by atoms with E-state index in [-0.39, 0.29) is 18.4 Å². The summed E-state index contributed by atoms with van der Waals surface area (Å²) in [5.74, 6) is 0.832. The second-order valence-corrected chi connectivity index (χ2v) is 7.39. The van der Waals surface area contributed by atoms with Crippen molar-refractivity contribution < 1.29 is 24.1 Å². The minimum absolute atomic E-state index is 0.000557. The fraction of sp³-hybridized carbons (Fsp3) is 0.217. The molecule has 2 heterocycles. The second kappa shape index (κ2) is 9.05. The normalized spacial score (nSPS) is 16.0. The highest BCUT2D eigenvalue weighted by molar-refractivity contribution is 6.30. The summed E-state index contributed by atoms with van der Waals surface area (Å²) >= 11 is 6.01. The fourth-order valence-electron chi connectivity index (χ4n) is 3.36. The molecule has 0 saturated carbocycles. The Balaban J connectivity index is 1.40. The first kappa shape index (κ1) is 20.0. The lowest BCUT2D eigenvalue weighted by molar-refractivity contribution is -0.137. The van der Waals surface area contributed by atoms with Gasteiger partial charge in [-0.05, 0) is 47.5 Å². The highest BCUT2D eigenvalue weighted by Crippen LogP contribution is 2.34. The van der Waals surface area contributed by atoms with Crippen LogP contribution in [0.15, 0.2) is 67.0 Å². The predicted molar refractivity (Wildman–Crippen MR) is 112 cm³/mol. The number of nitrogens with zero attached hydrogens (tertiary/aromatic N) is 1. The number of pyridine rings is 1. The average Bonchev–Trinajstić information content (AvgIpc) is 2.76. The van der Waals surface area contributed by atoms with Crippen molar-refractivity contribution in [2.75, 3.05) is 13.2 Å². The van der Waals surface area contributed by atoms with Crippen LogP contribution in [0.5, 0.6) is 17.2 Å². The molecule has 1 unspecified atom stereocenters. The quantitative estimate of drug-likeness (QED) is 0.597. The molecule has 30 heavy (non-hydrogen) atoms. The number of aliphatic carboxylic acids is 1. The minimum atomic E-state index is -0.855. The van der Waals surface area contributed by atoms with Crippen LogP contribution >= 0.6 is 11.6 Å². The molecule has 3 aromatic rings. The van der Waals surface area contributed by atoms with Crippen molar-refractivity contribution in [3.8, 4) is 17.2 Å². The predicted octanol–water partition coefficient (Wildman–Crippen LogP) is 4.56. The van der Waals surface area contributed by atoms with Gasteiger partial charge in [-0.15, -0.1) is 0 Å². The van der Waals surface area contributed by atoms with E-state index in [1.165, 1.54) is 0 Å². The molecule has 0 amide bonds. The molecular formula is C23H20ClNO5. The summed E-state index contributed by atoms with van der Waals surface area (Å²) in [5, 5.41) is 9.89. The van der Waals surface area contributed by atoms with Crippen molar-refractivity contribution in [1.82, 2.24) is 4.98 Å². The summed E-state index contributed by atoms with van der Waals surface area (Å²) in [6, 6.07) is 16.4. The smallest absolute Gasteiger partial charge is 0.304 e. The van der Waals surface area contributed by atoms with Gasteiger partial charge in [0, 0.05) is 29.4 Å². The van der Waals surface area contributed by atoms with Gasteiger partial charge in [-0.1, -0.05) is 23.7 Å². The van der Waals surface area contributed by atoms with E-state index in [9.17, 15) is 9.90 Å². The van der Waals surface area contributed by atoms with Crippen LogP contribution < -0.4 is 14.2 Å². The molecule has 0 spiro atoms. The standard InChI is InChI=1S/C23H20ClNO5/c24-17-3-6-21-22(11-17)30-19(14-29-21)13-28-18-4-1-15(2-5-18)20(12-23(26)27)16-7-9-25-10-8-16/h1-11,19-20H,12-14H2,(H,26,27)/t19-,20?/m0/s1. The largest absolute Gasteiger partial charge is 0.490 e. The maximum atomic E-state index is 11.3. The molecule has 0 bridgehead atoms. The Labute approximate surface area is 179 Å². The lowest BCUT2D eigenvalue weighted by Gasteiger charge is -2.26. The Morgan fingerprint density at radius 1 is 1.10 bits per heavy atom. The number of benzene rings is 2. The Bertz CT molecular complexity index is 1010. The van der Waals surface area contributed by atoms with Crippen molar-refractivity contribution in [2.24, 2.45) is 0 Å². The third-order valence-corrected chi connectivity index (χ3v) is 5.06. The van der Waals surface area contributed by atoms with Gasteiger partial charge in [0.1, 0.15) is 19.0 Å². The van der Waals surface area contributed by atoms with Gasteiger partial charge in [0.25, 0.3) is 0 Å². The molecule has 1 aromatic heterocycles. The van der Waals surface area contributed by atoms with Crippen molar-refractivity contribution in [2.45, 2.75) is 18.4 Å². The van der Waals surface area contributed by atoms with Gasteiger partial charge < -0.3 is 19.3 Å². The molecule has 0 radical (unpaired) electrons. The number of aromatic nitrogens is 1. The average molecular weight is 426 g/mol. The molecule has 4 rings (SSSR count). The van der Waals surface area contributed by atoms with E-state index < -0.39 is 5.97 Å². The summed E-state index contributed by atoms with van der Waals surface area (Å²) in [4.78, 5) is 15.3. The molecule has 2 aromatic carbocycles. The second-order valence-electron chi connectivity index (χ2n) is 6.95. The number of carboxylic acid groups (broad SMARTS) is 1. The van der Waals surface area contributed by atoms with Gasteiger partial charge >= 0.3 is 5.97 Å². The van der Waals surface area contributed by atoms with Gasteiger partial charge in [-0.2, -0.15) is 0 Å². The molecule has 0 saturated heterocycles. The molecule has 6 nitrogen and oxygen atoms in total. The maximum absolute atomic E-state index is 11.3. The molecule has 2 atom stereocenters. The lowest BCUT2D eigenvalue weighted by atomic mass is 9.89. The van der Waals surface area contributed by atoms with Crippen LogP contribution in [-0.4, -0.2) is 35.4 Å². The zero-order valence-electron chi connectivity index (χ0n) is 16.0. The number of ether oxygens (including phenoxy) is 3. The van der Waals surface area contributed by atoms with Gasteiger partial charge in [-0.25, -0.2) is 0 Å². The molecule has 0 fully saturated rings. The Morgan fingerprint density at radius 2 is 1.83 bits per heavy atom. The summed E-state index contributed by atoms with van der Waals surface area (Å²) in [6.07, 6.45) is 3.07. The molecular weight excluding hydrogens is 406 g/mol. The van der Waals surface area contributed by atoms with Crippen LogP contribution in [0, 0.1) is 0 Å². The highest BCUT2D eigenvalue weighted by atomic mass is 35.5. The van der Waals surface area contributed by atoms with E-state index in [1.807, 2.05) is 36.4 Å². The molecule has 1 aliphatic rings. The molecule has 0 aliphatic carbocycles. The van der Waals surface area contributed by atoms with E-state index in [0.29, 0.717) is 35.5 Å². The maximum Gasteiger partial charge on any atom is 0.304 e. The number of fused-ring (bicyclic) bond motifs is 1. The van der Waals surface area contributed by atoms with Crippen molar-refractivity contribution in [3.63, 3.8) is 0 Å². The minimum Gasteiger partial charge on any atom is -0.490 e. The molecule has 1 N–H and O–H groups in total. The van der Waals surface area contributed by atoms with Crippen molar-refractivity contribution >= 4 is 17.6 Å². The van der Waals surface area contributed by atoms with E-state index in [0.717, 1.165) is 11.1 Å². The summed E-state index contributed by atoms with van der Waals surface area (Å²) in [6.45, 7) is 0.698. The highest BCUT2D eigenvalue weighted by Gasteiger charge is 2.22. The van der Waals surface area contributed by atoms with Gasteiger partial charge in [0.15, 0.2) is 17.6 Å². The van der Waals surface area contributed by atoms with Crippen LogP contribution in [-0.2, 0) is 4.79 Å². The van der Waals surface area contributed by atoms with Crippen LogP contribution in [0.1, 0.15) is 23.5 Å². The Morgan fingerprint density at radius 3 is 2.57 bits per heavy atom. The van der Waals surface area contributed by atoms with Gasteiger partial charge in [-0.3, -0.25) is 9.78 Å². The van der Waals surface area contributed by atoms with E-state index in [2.05, 4.69) is 4.98 Å². The summed E-state index contributed by atoms with van der Waals surface area (Å²) in [7, 11) is 0. The molecule has 7 heteroatoms. The number of hydrogen-bond donors (Lipinski definition) is 1. The fourth-order valence-corrected chi connectivity index (χ4v) is 3.52. The number of carboxylic acids is 1. The topological polar surface area (TPSA) is 77.9 Å². The third-order valence-electron chi connectivity index (χ3n) is 4.83. The number of hydrogen-bond acceptors (Lipinski definition) is 5. The molecule has 154 valence electrons. The van der Waals surface area contributed by atoms with E-state index in [4.69, 9.17) is 25.8 Å². The summed E-state index contributed by atoms with van der Waals surface area (Å²) < 4.78 is 17.4. The van der Waals surface area contributed by atoms with Crippen LogP contribution in [0.3, 0.4) is 0 Å². The van der Waals surface area contributed by atoms with Crippen LogP contribution in [0.4, 0.5) is 0 Å². The number of rotatable bonds is 7. The first-order valence-corrected chi connectivity index (χ1v) is 9.90. The monoisotopic (exact) mass is 425 g/mol. The Kier molecular flexibility index (Phi) is 6.05. The number of halogens is 1. The van der Waals surface area contributed by atoms with Crippen LogP contribution in [0.2, 0.25) is 5.02 Å². The van der Waals surface area contributed by atoms with Gasteiger partial charge in [0.05, 0.1) is 6.42 Å². The third kappa shape index (κ3) is 4.83. The summed E-state index contributed by atoms with van der Waals surface area (Å²) in [5.41, 5.74) is 1.81. The van der Waals surface area contributed by atoms with E-state index >= 15 is 0 Å². The zero-order chi connectivity index (χ0) is 20.9. The van der Waals surface area contributed by atoms with E-state index in [1.54, 1.807) is 30.6 Å². The lowest BCUT2D eigenvalue weighted by Crippen LogP contribution is -2.34. The van der Waals surface area contributed by atoms with Crippen LogP contribution in [0.25, 0.3) is 0 Å². The number of carbonyl (C=O) groups is 1. The molecule has 1 aliphatic heterocycles.